The molecule has 0 aliphatic heterocycles. The van der Waals surface area contributed by atoms with Crippen molar-refractivity contribution in [3.8, 4) is 0 Å². The van der Waals surface area contributed by atoms with E-state index in [9.17, 15) is 0 Å². The number of nitrogens with zero attached hydrogens (tertiary/aromatic N) is 1. The molecule has 1 heterocycles. The van der Waals surface area contributed by atoms with Gasteiger partial charge in [0.1, 0.15) is 0 Å². The van der Waals surface area contributed by atoms with Crippen LogP contribution in [0.5, 0.6) is 0 Å². The van der Waals surface area contributed by atoms with Crippen molar-refractivity contribution in [2.75, 3.05) is 18.5 Å². The predicted octanol–water partition coefficient (Wildman–Crippen LogP) is 3.27. The number of hydrogen-bond donors (Lipinski definition) is 3. The lowest BCUT2D eigenvalue weighted by molar-refractivity contribution is 0.269. The first-order chi connectivity index (χ1) is 10.8. The van der Waals surface area contributed by atoms with Crippen LogP contribution in [0, 0.1) is 6.92 Å². The van der Waals surface area contributed by atoms with E-state index in [2.05, 4.69) is 40.7 Å². The molecule has 1 fully saturated rings. The number of aryl methyl sites for hydroxylation is 1. The van der Waals surface area contributed by atoms with Crippen LogP contribution in [0.3, 0.4) is 0 Å². The summed E-state index contributed by atoms with van der Waals surface area (Å²) in [5.41, 5.74) is 2.45. The van der Waals surface area contributed by atoms with Crippen molar-refractivity contribution in [1.82, 2.24) is 10.3 Å². The highest BCUT2D eigenvalue weighted by atomic mass is 35.5. The van der Waals surface area contributed by atoms with Gasteiger partial charge in [-0.05, 0) is 44.2 Å². The maximum absolute atomic E-state index is 8.89. The maximum atomic E-state index is 8.89. The van der Waals surface area contributed by atoms with Crippen molar-refractivity contribution in [2.45, 2.75) is 44.7 Å². The zero-order valence-electron chi connectivity index (χ0n) is 13.6. The average Bonchev–Trinajstić information content (AvgIpc) is 2.54. The first-order valence-electron chi connectivity index (χ1n) is 8.22. The monoisotopic (exact) mass is 335 g/mol. The van der Waals surface area contributed by atoms with E-state index in [1.54, 1.807) is 0 Å². The highest BCUT2D eigenvalue weighted by molar-refractivity contribution is 5.95. The molecular formula is C18H26ClN3O. The lowest BCUT2D eigenvalue weighted by Crippen LogP contribution is -2.38. The summed E-state index contributed by atoms with van der Waals surface area (Å²) in [5, 5.41) is 18.5. The van der Waals surface area contributed by atoms with Crippen LogP contribution < -0.4 is 10.6 Å². The molecule has 5 heteroatoms. The Bertz CT molecular complexity index is 621. The Morgan fingerprint density at radius 2 is 1.87 bits per heavy atom. The number of hydrogen-bond acceptors (Lipinski definition) is 4. The van der Waals surface area contributed by atoms with Crippen molar-refractivity contribution in [3.63, 3.8) is 0 Å². The van der Waals surface area contributed by atoms with Gasteiger partial charge in [-0.15, -0.1) is 12.4 Å². The van der Waals surface area contributed by atoms with Gasteiger partial charge in [0.25, 0.3) is 0 Å². The van der Waals surface area contributed by atoms with Gasteiger partial charge in [0.2, 0.25) is 0 Å². The molecule has 0 spiro atoms. The summed E-state index contributed by atoms with van der Waals surface area (Å²) >= 11 is 0. The Kier molecular flexibility index (Phi) is 6.63. The van der Waals surface area contributed by atoms with E-state index >= 15 is 0 Å². The van der Waals surface area contributed by atoms with Gasteiger partial charge in [0.15, 0.2) is 0 Å². The normalized spacial score (nSPS) is 21.0. The van der Waals surface area contributed by atoms with Gasteiger partial charge in [-0.3, -0.25) is 4.98 Å². The molecule has 1 aliphatic carbocycles. The van der Waals surface area contributed by atoms with Gasteiger partial charge in [0.05, 0.1) is 6.61 Å². The summed E-state index contributed by atoms with van der Waals surface area (Å²) in [6.45, 7) is 3.05. The molecule has 1 aromatic heterocycles. The highest BCUT2D eigenvalue weighted by Gasteiger charge is 2.21. The molecule has 0 amide bonds. The molecule has 0 radical (unpaired) electrons. The number of halogens is 1. The molecule has 23 heavy (non-hydrogen) atoms. The third-order valence-electron chi connectivity index (χ3n) is 4.60. The van der Waals surface area contributed by atoms with E-state index in [4.69, 9.17) is 5.11 Å². The Morgan fingerprint density at radius 1 is 1.13 bits per heavy atom. The minimum absolute atomic E-state index is 0. The number of anilines is 1. The van der Waals surface area contributed by atoms with Crippen LogP contribution in [-0.4, -0.2) is 35.3 Å². The molecule has 1 aliphatic rings. The van der Waals surface area contributed by atoms with E-state index in [1.165, 1.54) is 47.7 Å². The van der Waals surface area contributed by atoms with Gasteiger partial charge in [-0.2, -0.15) is 0 Å². The zero-order chi connectivity index (χ0) is 15.4. The fourth-order valence-corrected chi connectivity index (χ4v) is 3.46. The molecule has 4 nitrogen and oxygen atoms in total. The summed E-state index contributed by atoms with van der Waals surface area (Å²) in [6.07, 6.45) is 8.55. The standard InChI is InChI=1S/C18H25N3O.ClH/c1-13-11-19-12-14-3-2-4-17(18(13)14)21-16-7-5-15(6-8-16)20-9-10-22;/h2-4,11-12,15-16,20-22H,5-10H2,1H3;1H/t15-,16-;. The van der Waals surface area contributed by atoms with Crippen LogP contribution in [-0.2, 0) is 0 Å². The Balaban J connectivity index is 0.00000192. The molecular weight excluding hydrogens is 310 g/mol. The number of aromatic nitrogens is 1. The smallest absolute Gasteiger partial charge is 0.0556 e. The number of benzene rings is 1. The largest absolute Gasteiger partial charge is 0.395 e. The number of aliphatic hydroxyl groups is 1. The van der Waals surface area contributed by atoms with Gasteiger partial charge in [-0.1, -0.05) is 12.1 Å². The summed E-state index contributed by atoms with van der Waals surface area (Å²) in [6, 6.07) is 7.48. The lowest BCUT2D eigenvalue weighted by atomic mass is 9.90. The fourth-order valence-electron chi connectivity index (χ4n) is 3.46. The number of fused-ring (bicyclic) bond motifs is 1. The minimum atomic E-state index is 0. The summed E-state index contributed by atoms with van der Waals surface area (Å²) in [4.78, 5) is 4.28. The number of pyridine rings is 1. The quantitative estimate of drug-likeness (QED) is 0.785. The van der Waals surface area contributed by atoms with Gasteiger partial charge in [-0.25, -0.2) is 0 Å². The predicted molar refractivity (Wildman–Crippen MR) is 98.5 cm³/mol. The number of rotatable bonds is 5. The van der Waals surface area contributed by atoms with Crippen LogP contribution in [0.2, 0.25) is 0 Å². The number of nitrogens with one attached hydrogen (secondary N) is 2. The average molecular weight is 336 g/mol. The Morgan fingerprint density at radius 3 is 2.61 bits per heavy atom. The van der Waals surface area contributed by atoms with Crippen molar-refractivity contribution < 1.29 is 5.11 Å². The highest BCUT2D eigenvalue weighted by Crippen LogP contribution is 2.29. The lowest BCUT2D eigenvalue weighted by Gasteiger charge is -2.30. The van der Waals surface area contributed by atoms with Gasteiger partial charge in [0, 0.05) is 47.5 Å². The SMILES string of the molecule is Cc1cncc2cccc(N[C@H]3CC[C@H](NCCO)CC3)c12.Cl. The molecule has 0 bridgehead atoms. The van der Waals surface area contributed by atoms with Crippen molar-refractivity contribution >= 4 is 28.9 Å². The van der Waals surface area contributed by atoms with Gasteiger partial charge < -0.3 is 15.7 Å². The van der Waals surface area contributed by atoms with E-state index < -0.39 is 0 Å². The van der Waals surface area contributed by atoms with E-state index in [-0.39, 0.29) is 19.0 Å². The van der Waals surface area contributed by atoms with Crippen molar-refractivity contribution in [3.05, 3.63) is 36.2 Å². The molecule has 126 valence electrons. The Labute approximate surface area is 144 Å². The van der Waals surface area contributed by atoms with Crippen molar-refractivity contribution in [1.29, 1.82) is 0 Å². The minimum Gasteiger partial charge on any atom is -0.395 e. The third-order valence-corrected chi connectivity index (χ3v) is 4.60. The first-order valence-corrected chi connectivity index (χ1v) is 8.22. The van der Waals surface area contributed by atoms with Crippen LogP contribution in [0.4, 0.5) is 5.69 Å². The van der Waals surface area contributed by atoms with Crippen LogP contribution >= 0.6 is 12.4 Å². The van der Waals surface area contributed by atoms with Crippen molar-refractivity contribution in [2.24, 2.45) is 0 Å². The molecule has 3 N–H and O–H groups in total. The molecule has 0 atom stereocenters. The second-order valence-electron chi connectivity index (χ2n) is 6.23. The topological polar surface area (TPSA) is 57.2 Å². The van der Waals surface area contributed by atoms with E-state index in [0.717, 1.165) is 0 Å². The first kappa shape index (κ1) is 18.0. The number of aliphatic hydroxyl groups excluding tert-OH is 1. The van der Waals surface area contributed by atoms with Gasteiger partial charge >= 0.3 is 0 Å². The van der Waals surface area contributed by atoms with Crippen LogP contribution in [0.15, 0.2) is 30.6 Å². The van der Waals surface area contributed by atoms with Crippen LogP contribution in [0.25, 0.3) is 10.8 Å². The van der Waals surface area contributed by atoms with E-state index in [1.807, 2.05) is 12.4 Å². The van der Waals surface area contributed by atoms with E-state index in [0.29, 0.717) is 18.6 Å². The molecule has 2 aromatic rings. The summed E-state index contributed by atoms with van der Waals surface area (Å²) in [5.74, 6) is 0. The fraction of sp³-hybridized carbons (Fsp3) is 0.500. The zero-order valence-corrected chi connectivity index (χ0v) is 14.4. The third kappa shape index (κ3) is 4.34. The molecule has 1 saturated carbocycles. The molecule has 0 unspecified atom stereocenters. The molecule has 1 aromatic carbocycles. The molecule has 3 rings (SSSR count). The summed E-state index contributed by atoms with van der Waals surface area (Å²) in [7, 11) is 0. The molecule has 0 saturated heterocycles. The summed E-state index contributed by atoms with van der Waals surface area (Å²) < 4.78 is 0. The maximum Gasteiger partial charge on any atom is 0.0556 e. The van der Waals surface area contributed by atoms with Crippen LogP contribution in [0.1, 0.15) is 31.2 Å². The Hall–Kier alpha value is -1.36. The second kappa shape index (κ2) is 8.48. The second-order valence-corrected chi connectivity index (χ2v) is 6.23.